The average molecular weight is 541 g/mol. The number of aromatic nitrogens is 2. The fourth-order valence-electron chi connectivity index (χ4n) is 4.40. The van der Waals surface area contributed by atoms with E-state index in [1.54, 1.807) is 35.4 Å². The third-order valence-corrected chi connectivity index (χ3v) is 9.77. The molecule has 1 saturated heterocycles. The Morgan fingerprint density at radius 3 is 2.64 bits per heavy atom. The molecule has 0 N–H and O–H groups in total. The second-order valence-corrected chi connectivity index (χ2v) is 12.2. The summed E-state index contributed by atoms with van der Waals surface area (Å²) in [6.45, 7) is 4.27. The number of nitrogens with zero attached hydrogens (tertiary/aromatic N) is 4. The molecule has 4 aromatic rings. The summed E-state index contributed by atoms with van der Waals surface area (Å²) in [6, 6.07) is 15.1. The molecule has 0 bridgehead atoms. The Labute approximate surface area is 219 Å². The summed E-state index contributed by atoms with van der Waals surface area (Å²) in [5.74, 6) is -0.309. The second-order valence-electron chi connectivity index (χ2n) is 8.85. The summed E-state index contributed by atoms with van der Waals surface area (Å²) in [5, 5.41) is 1.10. The van der Waals surface area contributed by atoms with Crippen molar-refractivity contribution in [3.8, 4) is 0 Å². The van der Waals surface area contributed by atoms with Crippen molar-refractivity contribution in [3.63, 3.8) is 0 Å². The molecule has 0 saturated carbocycles. The predicted molar refractivity (Wildman–Crippen MR) is 143 cm³/mol. The van der Waals surface area contributed by atoms with Crippen LogP contribution in [-0.2, 0) is 21.4 Å². The van der Waals surface area contributed by atoms with E-state index in [1.165, 1.54) is 15.6 Å². The zero-order valence-corrected chi connectivity index (χ0v) is 22.3. The van der Waals surface area contributed by atoms with Crippen LogP contribution in [0.1, 0.15) is 29.7 Å². The summed E-state index contributed by atoms with van der Waals surface area (Å²) < 4.78 is 29.3. The highest BCUT2D eigenvalue weighted by atomic mass is 35.5. The molecule has 5 rings (SSSR count). The van der Waals surface area contributed by atoms with E-state index in [9.17, 15) is 13.2 Å². The van der Waals surface area contributed by atoms with Gasteiger partial charge < -0.3 is 0 Å². The van der Waals surface area contributed by atoms with E-state index in [2.05, 4.69) is 4.98 Å². The van der Waals surface area contributed by atoms with Crippen LogP contribution >= 0.6 is 22.9 Å². The highest BCUT2D eigenvalue weighted by molar-refractivity contribution is 7.89. The fourth-order valence-corrected chi connectivity index (χ4v) is 7.23. The van der Waals surface area contributed by atoms with Crippen LogP contribution in [0.4, 0.5) is 5.13 Å². The van der Waals surface area contributed by atoms with Crippen molar-refractivity contribution in [1.29, 1.82) is 0 Å². The van der Waals surface area contributed by atoms with Gasteiger partial charge in [0.25, 0.3) is 0 Å². The number of anilines is 1. The van der Waals surface area contributed by atoms with Gasteiger partial charge in [-0.15, -0.1) is 0 Å². The first-order valence-electron chi connectivity index (χ1n) is 11.6. The number of aryl methyl sites for hydroxylation is 2. The summed E-state index contributed by atoms with van der Waals surface area (Å²) in [6.07, 6.45) is 2.72. The van der Waals surface area contributed by atoms with Gasteiger partial charge in [0.15, 0.2) is 5.13 Å². The fraction of sp³-hybridized carbons (Fsp3) is 0.269. The zero-order chi connectivity index (χ0) is 25.4. The van der Waals surface area contributed by atoms with Crippen molar-refractivity contribution in [2.45, 2.75) is 44.2 Å². The Morgan fingerprint density at radius 2 is 1.92 bits per heavy atom. The van der Waals surface area contributed by atoms with Crippen LogP contribution in [0.25, 0.3) is 10.2 Å². The lowest BCUT2D eigenvalue weighted by Crippen LogP contribution is -2.47. The molecule has 0 radical (unpaired) electrons. The van der Waals surface area contributed by atoms with Crippen LogP contribution in [0.15, 0.2) is 65.7 Å². The molecule has 10 heteroatoms. The third-order valence-electron chi connectivity index (χ3n) is 6.40. The molecule has 2 aromatic carbocycles. The summed E-state index contributed by atoms with van der Waals surface area (Å²) in [5.41, 5.74) is 3.23. The molecule has 1 fully saturated rings. The molecule has 0 aliphatic carbocycles. The van der Waals surface area contributed by atoms with Crippen molar-refractivity contribution >= 4 is 54.2 Å². The van der Waals surface area contributed by atoms with Gasteiger partial charge in [-0.3, -0.25) is 14.7 Å². The van der Waals surface area contributed by atoms with Crippen molar-refractivity contribution in [2.75, 3.05) is 11.4 Å². The first-order valence-corrected chi connectivity index (χ1v) is 14.2. The van der Waals surface area contributed by atoms with Crippen LogP contribution in [0.3, 0.4) is 0 Å². The van der Waals surface area contributed by atoms with E-state index in [1.807, 2.05) is 44.2 Å². The largest absolute Gasteiger partial charge is 0.281 e. The van der Waals surface area contributed by atoms with Crippen LogP contribution in [0.5, 0.6) is 0 Å². The second kappa shape index (κ2) is 9.89. The van der Waals surface area contributed by atoms with E-state index >= 15 is 0 Å². The third kappa shape index (κ3) is 4.64. The smallest absolute Gasteiger partial charge is 0.247 e. The quantitative estimate of drug-likeness (QED) is 0.329. The molecule has 1 amide bonds. The Hall–Kier alpha value is -2.85. The van der Waals surface area contributed by atoms with Gasteiger partial charge >= 0.3 is 0 Å². The molecule has 186 valence electrons. The van der Waals surface area contributed by atoms with Crippen LogP contribution in [-0.4, -0.2) is 41.2 Å². The lowest BCUT2D eigenvalue weighted by molar-refractivity contribution is -0.121. The molecule has 7 nitrogen and oxygen atoms in total. The van der Waals surface area contributed by atoms with Gasteiger partial charge in [-0.1, -0.05) is 46.7 Å². The SMILES string of the molecule is Cc1ccc(S(=O)(=O)N2CCCC2C(=O)N(Cc2ccccn2)c2nc3c(C)c(Cl)ccc3s2)cc1. The van der Waals surface area contributed by atoms with Crippen molar-refractivity contribution in [2.24, 2.45) is 0 Å². The van der Waals surface area contributed by atoms with Gasteiger partial charge in [0.1, 0.15) is 6.04 Å². The first kappa shape index (κ1) is 24.8. The van der Waals surface area contributed by atoms with Crippen molar-refractivity contribution in [1.82, 2.24) is 14.3 Å². The summed E-state index contributed by atoms with van der Waals surface area (Å²) >= 11 is 7.69. The number of pyridine rings is 1. The lowest BCUT2D eigenvalue weighted by Gasteiger charge is -2.28. The monoisotopic (exact) mass is 540 g/mol. The van der Waals surface area contributed by atoms with Crippen LogP contribution < -0.4 is 4.90 Å². The molecule has 2 aromatic heterocycles. The topological polar surface area (TPSA) is 83.5 Å². The lowest BCUT2D eigenvalue weighted by atomic mass is 10.2. The summed E-state index contributed by atoms with van der Waals surface area (Å²) in [4.78, 5) is 25.0. The summed E-state index contributed by atoms with van der Waals surface area (Å²) in [7, 11) is -3.84. The molecule has 1 aliphatic rings. The molecule has 3 heterocycles. The maximum absolute atomic E-state index is 14.1. The Kier molecular flexibility index (Phi) is 6.82. The highest BCUT2D eigenvalue weighted by Crippen LogP contribution is 2.36. The van der Waals surface area contributed by atoms with Crippen LogP contribution in [0.2, 0.25) is 5.02 Å². The number of thiazole rings is 1. The van der Waals surface area contributed by atoms with Gasteiger partial charge in [0.05, 0.1) is 27.4 Å². The van der Waals surface area contributed by atoms with E-state index in [0.29, 0.717) is 35.2 Å². The molecular formula is C26H25ClN4O3S2. The number of rotatable bonds is 6. The zero-order valence-electron chi connectivity index (χ0n) is 19.9. The molecule has 1 aliphatic heterocycles. The number of benzene rings is 2. The minimum atomic E-state index is -3.84. The van der Waals surface area contributed by atoms with Gasteiger partial charge in [-0.2, -0.15) is 4.31 Å². The Morgan fingerprint density at radius 1 is 1.14 bits per heavy atom. The number of carbonyl (C=O) groups is 1. The minimum Gasteiger partial charge on any atom is -0.281 e. The van der Waals surface area contributed by atoms with Gasteiger partial charge in [-0.05, 0) is 68.7 Å². The van der Waals surface area contributed by atoms with Crippen LogP contribution in [0, 0.1) is 13.8 Å². The normalized spacial score (nSPS) is 16.5. The maximum atomic E-state index is 14.1. The van der Waals surface area contributed by atoms with E-state index in [4.69, 9.17) is 16.6 Å². The predicted octanol–water partition coefficient (Wildman–Crippen LogP) is 5.35. The van der Waals surface area contributed by atoms with Gasteiger partial charge in [-0.25, -0.2) is 13.4 Å². The highest BCUT2D eigenvalue weighted by Gasteiger charge is 2.42. The maximum Gasteiger partial charge on any atom is 0.247 e. The molecule has 1 atom stereocenters. The van der Waals surface area contributed by atoms with Crippen molar-refractivity contribution < 1.29 is 13.2 Å². The minimum absolute atomic E-state index is 0.182. The number of fused-ring (bicyclic) bond motifs is 1. The van der Waals surface area contributed by atoms with Crippen molar-refractivity contribution in [3.05, 3.63) is 82.6 Å². The number of amides is 1. The number of halogens is 1. The molecular weight excluding hydrogens is 516 g/mol. The number of sulfonamides is 1. The van der Waals surface area contributed by atoms with Gasteiger partial charge in [0, 0.05) is 17.8 Å². The number of hydrogen-bond donors (Lipinski definition) is 0. The van der Waals surface area contributed by atoms with E-state index in [-0.39, 0.29) is 17.3 Å². The van der Waals surface area contributed by atoms with Gasteiger partial charge in [0.2, 0.25) is 15.9 Å². The molecule has 0 spiro atoms. The molecule has 36 heavy (non-hydrogen) atoms. The average Bonchev–Trinajstić information content (AvgIpc) is 3.54. The Balaban J connectivity index is 1.54. The standard InChI is InChI=1S/C26H25ClN4O3S2/c1-17-8-10-20(11-9-17)36(33,34)31-15-5-7-22(31)25(32)30(16-19-6-3-4-14-28-19)26-29-24-18(2)21(27)12-13-23(24)35-26/h3-4,6,8-14,22H,5,7,15-16H2,1-2H3. The Bertz CT molecular complexity index is 1520. The first-order chi connectivity index (χ1) is 17.3. The van der Waals surface area contributed by atoms with E-state index in [0.717, 1.165) is 21.3 Å². The number of hydrogen-bond acceptors (Lipinski definition) is 6. The van der Waals surface area contributed by atoms with E-state index < -0.39 is 16.1 Å². The number of carbonyl (C=O) groups excluding carboxylic acids is 1. The molecule has 1 unspecified atom stereocenters.